The average molecular weight is 324 g/mol. The third kappa shape index (κ3) is 3.16. The summed E-state index contributed by atoms with van der Waals surface area (Å²) in [4.78, 5) is 13.9. The molecule has 1 aliphatic rings. The predicted molar refractivity (Wildman–Crippen MR) is 91.7 cm³/mol. The zero-order valence-electron chi connectivity index (χ0n) is 12.7. The topological polar surface area (TPSA) is 29.0 Å². The third-order valence-corrected chi connectivity index (χ3v) is 5.70. The van der Waals surface area contributed by atoms with E-state index in [2.05, 4.69) is 29.9 Å². The summed E-state index contributed by atoms with van der Waals surface area (Å²) in [5.41, 5.74) is 0. The first kappa shape index (κ1) is 15.0. The molecule has 0 amide bonds. The third-order valence-electron chi connectivity index (χ3n) is 4.32. The molecule has 1 saturated carbocycles. The average Bonchev–Trinajstić information content (AvgIpc) is 2.91. The molecular formula is C16H22ClN3S. The molecule has 2 aromatic heterocycles. The predicted octanol–water partition coefficient (Wildman–Crippen LogP) is 5.07. The van der Waals surface area contributed by atoms with Crippen LogP contribution >= 0.6 is 22.9 Å². The summed E-state index contributed by atoms with van der Waals surface area (Å²) >= 11 is 8.14. The highest BCUT2D eigenvalue weighted by Crippen LogP contribution is 2.32. The number of nitrogens with zero attached hydrogens (tertiary/aromatic N) is 3. The SMILES string of the molecule is CCCc1cc2c(Cl)nc(N(C)C3CCCCC3)nc2s1. The molecule has 3 rings (SSSR count). The molecule has 0 unspecified atom stereocenters. The first-order chi connectivity index (χ1) is 10.2. The quantitative estimate of drug-likeness (QED) is 0.736. The van der Waals surface area contributed by atoms with Crippen LogP contribution in [0.25, 0.3) is 10.2 Å². The lowest BCUT2D eigenvalue weighted by Gasteiger charge is -2.31. The smallest absolute Gasteiger partial charge is 0.228 e. The van der Waals surface area contributed by atoms with Gasteiger partial charge < -0.3 is 4.90 Å². The standard InChI is InChI=1S/C16H22ClN3S/c1-3-7-12-10-13-14(17)18-16(19-15(13)21-12)20(2)11-8-5-4-6-9-11/h10-11H,3-9H2,1-2H3. The van der Waals surface area contributed by atoms with Gasteiger partial charge in [-0.2, -0.15) is 0 Å². The van der Waals surface area contributed by atoms with Gasteiger partial charge in [0.25, 0.3) is 0 Å². The Bertz CT molecular complexity index is 619. The fraction of sp³-hybridized carbons (Fsp3) is 0.625. The van der Waals surface area contributed by atoms with E-state index >= 15 is 0 Å². The van der Waals surface area contributed by atoms with Crippen molar-refractivity contribution in [2.24, 2.45) is 0 Å². The Morgan fingerprint density at radius 2 is 2.05 bits per heavy atom. The Morgan fingerprint density at radius 1 is 1.29 bits per heavy atom. The van der Waals surface area contributed by atoms with E-state index in [1.165, 1.54) is 37.0 Å². The molecule has 2 heterocycles. The number of aromatic nitrogens is 2. The first-order valence-corrected chi connectivity index (χ1v) is 9.07. The van der Waals surface area contributed by atoms with Crippen LogP contribution in [0.4, 0.5) is 5.95 Å². The summed E-state index contributed by atoms with van der Waals surface area (Å²) in [6.45, 7) is 2.19. The van der Waals surface area contributed by atoms with Crippen molar-refractivity contribution < 1.29 is 0 Å². The minimum absolute atomic E-state index is 0.558. The minimum Gasteiger partial charge on any atom is -0.341 e. The first-order valence-electron chi connectivity index (χ1n) is 7.88. The maximum Gasteiger partial charge on any atom is 0.228 e. The molecule has 0 aliphatic heterocycles. The number of rotatable bonds is 4. The van der Waals surface area contributed by atoms with Crippen molar-refractivity contribution in [3.05, 3.63) is 16.1 Å². The van der Waals surface area contributed by atoms with Gasteiger partial charge in [0.05, 0.1) is 0 Å². The van der Waals surface area contributed by atoms with Gasteiger partial charge in [-0.25, -0.2) is 9.97 Å². The molecule has 0 atom stereocenters. The highest BCUT2D eigenvalue weighted by Gasteiger charge is 2.21. The second kappa shape index (κ2) is 6.49. The molecule has 1 fully saturated rings. The molecule has 0 N–H and O–H groups in total. The highest BCUT2D eigenvalue weighted by atomic mass is 35.5. The minimum atomic E-state index is 0.558. The maximum atomic E-state index is 6.39. The van der Waals surface area contributed by atoms with E-state index in [-0.39, 0.29) is 0 Å². The van der Waals surface area contributed by atoms with Crippen molar-refractivity contribution in [2.75, 3.05) is 11.9 Å². The zero-order valence-corrected chi connectivity index (χ0v) is 14.3. The van der Waals surface area contributed by atoms with E-state index < -0.39 is 0 Å². The van der Waals surface area contributed by atoms with Gasteiger partial charge in [-0.15, -0.1) is 11.3 Å². The van der Waals surface area contributed by atoms with Crippen molar-refractivity contribution in [3.8, 4) is 0 Å². The lowest BCUT2D eigenvalue weighted by molar-refractivity contribution is 0.424. The van der Waals surface area contributed by atoms with Gasteiger partial charge in [0.15, 0.2) is 0 Å². The monoisotopic (exact) mass is 323 g/mol. The van der Waals surface area contributed by atoms with Crippen molar-refractivity contribution in [1.29, 1.82) is 0 Å². The summed E-state index contributed by atoms with van der Waals surface area (Å²) in [6.07, 6.45) is 8.69. The molecular weight excluding hydrogens is 302 g/mol. The molecule has 0 aromatic carbocycles. The van der Waals surface area contributed by atoms with Crippen molar-refractivity contribution >= 4 is 39.1 Å². The summed E-state index contributed by atoms with van der Waals surface area (Å²) in [6, 6.07) is 2.71. The molecule has 0 bridgehead atoms. The Hall–Kier alpha value is -0.870. The number of hydrogen-bond acceptors (Lipinski definition) is 4. The second-order valence-corrected chi connectivity index (χ2v) is 7.37. The highest BCUT2D eigenvalue weighted by molar-refractivity contribution is 7.18. The molecule has 1 aliphatic carbocycles. The molecule has 114 valence electrons. The van der Waals surface area contributed by atoms with Crippen LogP contribution in [0.5, 0.6) is 0 Å². The van der Waals surface area contributed by atoms with Crippen LogP contribution in [-0.4, -0.2) is 23.1 Å². The summed E-state index contributed by atoms with van der Waals surface area (Å²) in [5, 5.41) is 1.60. The summed E-state index contributed by atoms with van der Waals surface area (Å²) < 4.78 is 0. The van der Waals surface area contributed by atoms with Gasteiger partial charge in [0, 0.05) is 23.4 Å². The van der Waals surface area contributed by atoms with Crippen LogP contribution in [0.15, 0.2) is 6.07 Å². The van der Waals surface area contributed by atoms with E-state index in [9.17, 15) is 0 Å². The van der Waals surface area contributed by atoms with Crippen molar-refractivity contribution in [1.82, 2.24) is 9.97 Å². The summed E-state index contributed by atoms with van der Waals surface area (Å²) in [5.74, 6) is 0.782. The summed E-state index contributed by atoms with van der Waals surface area (Å²) in [7, 11) is 2.11. The van der Waals surface area contributed by atoms with Crippen LogP contribution in [0, 0.1) is 0 Å². The fourth-order valence-corrected chi connectivity index (χ4v) is 4.48. The second-order valence-electron chi connectivity index (χ2n) is 5.90. The Morgan fingerprint density at radius 3 is 2.76 bits per heavy atom. The molecule has 5 heteroatoms. The van der Waals surface area contributed by atoms with Crippen molar-refractivity contribution in [3.63, 3.8) is 0 Å². The largest absolute Gasteiger partial charge is 0.341 e. The normalized spacial score (nSPS) is 16.5. The molecule has 0 saturated heterocycles. The Labute approximate surface area is 135 Å². The molecule has 3 nitrogen and oxygen atoms in total. The van der Waals surface area contributed by atoms with E-state index in [4.69, 9.17) is 16.6 Å². The number of anilines is 1. The Kier molecular flexibility index (Phi) is 4.65. The molecule has 0 radical (unpaired) electrons. The van der Waals surface area contributed by atoms with Gasteiger partial charge in [-0.05, 0) is 25.3 Å². The van der Waals surface area contributed by atoms with Gasteiger partial charge in [0.2, 0.25) is 5.95 Å². The lowest BCUT2D eigenvalue weighted by Crippen LogP contribution is -2.34. The van der Waals surface area contributed by atoms with Crippen LogP contribution in [-0.2, 0) is 6.42 Å². The fourth-order valence-electron chi connectivity index (χ4n) is 3.08. The van der Waals surface area contributed by atoms with Gasteiger partial charge >= 0.3 is 0 Å². The molecule has 21 heavy (non-hydrogen) atoms. The Balaban J connectivity index is 1.91. The van der Waals surface area contributed by atoms with E-state index in [0.717, 1.165) is 29.0 Å². The number of hydrogen-bond donors (Lipinski definition) is 0. The van der Waals surface area contributed by atoms with E-state index in [0.29, 0.717) is 11.2 Å². The van der Waals surface area contributed by atoms with Gasteiger partial charge in [-0.3, -0.25) is 0 Å². The van der Waals surface area contributed by atoms with Crippen LogP contribution in [0.2, 0.25) is 5.15 Å². The molecule has 0 spiro atoms. The van der Waals surface area contributed by atoms with Gasteiger partial charge in [0.1, 0.15) is 9.98 Å². The number of fused-ring (bicyclic) bond motifs is 1. The molecule has 2 aromatic rings. The van der Waals surface area contributed by atoms with Crippen LogP contribution < -0.4 is 4.90 Å². The number of aryl methyl sites for hydroxylation is 1. The van der Waals surface area contributed by atoms with Gasteiger partial charge in [-0.1, -0.05) is 44.2 Å². The number of halogens is 1. The number of thiophene rings is 1. The van der Waals surface area contributed by atoms with E-state index in [1.54, 1.807) is 11.3 Å². The maximum absolute atomic E-state index is 6.39. The van der Waals surface area contributed by atoms with Crippen molar-refractivity contribution in [2.45, 2.75) is 57.9 Å². The zero-order chi connectivity index (χ0) is 14.8. The van der Waals surface area contributed by atoms with Crippen LogP contribution in [0.3, 0.4) is 0 Å². The van der Waals surface area contributed by atoms with E-state index in [1.807, 2.05) is 0 Å². The lowest BCUT2D eigenvalue weighted by atomic mass is 9.95. The van der Waals surface area contributed by atoms with Crippen LogP contribution in [0.1, 0.15) is 50.3 Å².